The Balaban J connectivity index is 2.23. The maximum absolute atomic E-state index is 5.96. The Labute approximate surface area is 103 Å². The summed E-state index contributed by atoms with van der Waals surface area (Å²) in [4.78, 5) is 4.42. The van der Waals surface area contributed by atoms with Crippen LogP contribution >= 0.6 is 15.9 Å². The second kappa shape index (κ2) is 4.97. The van der Waals surface area contributed by atoms with E-state index in [4.69, 9.17) is 10.2 Å². The van der Waals surface area contributed by atoms with E-state index in [1.165, 1.54) is 0 Å². The van der Waals surface area contributed by atoms with Crippen molar-refractivity contribution in [3.05, 3.63) is 28.6 Å². The van der Waals surface area contributed by atoms with Crippen LogP contribution in [0.4, 0.5) is 0 Å². The normalized spacial score (nSPS) is 13.2. The van der Waals surface area contributed by atoms with Gasteiger partial charge in [-0.25, -0.2) is 4.98 Å². The summed E-state index contributed by atoms with van der Waals surface area (Å²) in [7, 11) is 0. The molecule has 0 fully saturated rings. The van der Waals surface area contributed by atoms with Gasteiger partial charge in [0.1, 0.15) is 5.52 Å². The molecule has 1 aromatic heterocycles. The molecule has 16 heavy (non-hydrogen) atoms. The van der Waals surface area contributed by atoms with Crippen LogP contribution in [-0.4, -0.2) is 11.0 Å². The molecule has 2 rings (SSSR count). The Kier molecular flexibility index (Phi) is 3.61. The van der Waals surface area contributed by atoms with Crippen LogP contribution in [0.25, 0.3) is 11.1 Å². The third-order valence-electron chi connectivity index (χ3n) is 2.51. The molecule has 1 aromatic carbocycles. The van der Waals surface area contributed by atoms with Gasteiger partial charge in [-0.3, -0.25) is 0 Å². The molecular formula is C12H15BrN2O. The quantitative estimate of drug-likeness (QED) is 0.937. The van der Waals surface area contributed by atoms with Crippen molar-refractivity contribution in [1.29, 1.82) is 0 Å². The van der Waals surface area contributed by atoms with Crippen LogP contribution in [-0.2, 0) is 6.42 Å². The van der Waals surface area contributed by atoms with Crippen molar-refractivity contribution in [2.24, 2.45) is 5.73 Å². The summed E-state index contributed by atoms with van der Waals surface area (Å²) in [6.07, 6.45) is 2.79. The van der Waals surface area contributed by atoms with Gasteiger partial charge < -0.3 is 10.2 Å². The molecule has 4 heteroatoms. The molecule has 0 saturated carbocycles. The fourth-order valence-corrected chi connectivity index (χ4v) is 2.18. The lowest BCUT2D eigenvalue weighted by atomic mass is 10.1. The van der Waals surface area contributed by atoms with E-state index >= 15 is 0 Å². The lowest BCUT2D eigenvalue weighted by Gasteiger charge is -2.05. The summed E-state index contributed by atoms with van der Waals surface area (Å²) in [5.41, 5.74) is 7.65. The second-order valence-corrected chi connectivity index (χ2v) is 4.80. The minimum absolute atomic E-state index is 0.136. The molecule has 1 unspecified atom stereocenters. The molecule has 0 aliphatic heterocycles. The summed E-state index contributed by atoms with van der Waals surface area (Å²) in [5, 5.41) is 0. The first-order valence-corrected chi connectivity index (χ1v) is 6.29. The molecular weight excluding hydrogens is 268 g/mol. The molecule has 2 N–H and O–H groups in total. The van der Waals surface area contributed by atoms with E-state index in [1.54, 1.807) is 0 Å². The Morgan fingerprint density at radius 1 is 1.50 bits per heavy atom. The largest absolute Gasteiger partial charge is 0.439 e. The van der Waals surface area contributed by atoms with E-state index in [0.29, 0.717) is 6.42 Å². The van der Waals surface area contributed by atoms with Gasteiger partial charge >= 0.3 is 0 Å². The second-order valence-electron chi connectivity index (χ2n) is 3.95. The predicted molar refractivity (Wildman–Crippen MR) is 68.3 cm³/mol. The highest BCUT2D eigenvalue weighted by atomic mass is 79.9. The summed E-state index contributed by atoms with van der Waals surface area (Å²) in [5.74, 6) is 0.725. The SMILES string of the molecule is CCCC(N)Cc1nc2cccc(Br)c2o1. The zero-order valence-electron chi connectivity index (χ0n) is 9.24. The topological polar surface area (TPSA) is 52.0 Å². The zero-order valence-corrected chi connectivity index (χ0v) is 10.8. The molecule has 0 bridgehead atoms. The van der Waals surface area contributed by atoms with Crippen molar-refractivity contribution in [3.63, 3.8) is 0 Å². The molecule has 1 heterocycles. The fraction of sp³-hybridized carbons (Fsp3) is 0.417. The van der Waals surface area contributed by atoms with E-state index in [0.717, 1.165) is 34.3 Å². The first kappa shape index (κ1) is 11.6. The number of nitrogens with zero attached hydrogens (tertiary/aromatic N) is 1. The van der Waals surface area contributed by atoms with Crippen LogP contribution in [0.15, 0.2) is 27.1 Å². The van der Waals surface area contributed by atoms with Crippen LogP contribution in [0, 0.1) is 0 Å². The van der Waals surface area contributed by atoms with Crippen molar-refractivity contribution in [1.82, 2.24) is 4.98 Å². The molecule has 0 spiro atoms. The van der Waals surface area contributed by atoms with E-state index in [2.05, 4.69) is 27.8 Å². The van der Waals surface area contributed by atoms with Gasteiger partial charge in [0, 0.05) is 12.5 Å². The maximum atomic E-state index is 5.96. The molecule has 86 valence electrons. The highest BCUT2D eigenvalue weighted by Crippen LogP contribution is 2.24. The Morgan fingerprint density at radius 2 is 2.31 bits per heavy atom. The van der Waals surface area contributed by atoms with Crippen molar-refractivity contribution in [2.45, 2.75) is 32.2 Å². The van der Waals surface area contributed by atoms with E-state index < -0.39 is 0 Å². The van der Waals surface area contributed by atoms with Crippen LogP contribution in [0.2, 0.25) is 0 Å². The molecule has 1 atom stereocenters. The standard InChI is InChI=1S/C12H15BrN2O/c1-2-4-8(14)7-11-15-10-6-3-5-9(13)12(10)16-11/h3,5-6,8H,2,4,7,14H2,1H3. The van der Waals surface area contributed by atoms with Gasteiger partial charge in [-0.15, -0.1) is 0 Å². The number of aromatic nitrogens is 1. The molecule has 0 saturated heterocycles. The van der Waals surface area contributed by atoms with Gasteiger partial charge in [0.15, 0.2) is 11.5 Å². The number of hydrogen-bond acceptors (Lipinski definition) is 3. The maximum Gasteiger partial charge on any atom is 0.197 e. The molecule has 0 aliphatic rings. The van der Waals surface area contributed by atoms with Crippen LogP contribution in [0.5, 0.6) is 0 Å². The van der Waals surface area contributed by atoms with Gasteiger partial charge in [-0.1, -0.05) is 19.4 Å². The lowest BCUT2D eigenvalue weighted by Crippen LogP contribution is -2.22. The van der Waals surface area contributed by atoms with E-state index in [1.807, 2.05) is 18.2 Å². The fourth-order valence-electron chi connectivity index (χ4n) is 1.75. The third kappa shape index (κ3) is 2.44. The van der Waals surface area contributed by atoms with Gasteiger partial charge in [0.05, 0.1) is 4.47 Å². The molecule has 0 radical (unpaired) electrons. The molecule has 0 aliphatic carbocycles. The average Bonchev–Trinajstić information content (AvgIpc) is 2.62. The van der Waals surface area contributed by atoms with Crippen molar-refractivity contribution >= 4 is 27.0 Å². The summed E-state index contributed by atoms with van der Waals surface area (Å²) < 4.78 is 6.62. The number of para-hydroxylation sites is 1. The van der Waals surface area contributed by atoms with Gasteiger partial charge in [-0.05, 0) is 34.5 Å². The van der Waals surface area contributed by atoms with Gasteiger partial charge in [-0.2, -0.15) is 0 Å². The highest BCUT2D eigenvalue weighted by molar-refractivity contribution is 9.10. The van der Waals surface area contributed by atoms with Crippen LogP contribution < -0.4 is 5.73 Å². The Hall–Kier alpha value is -0.870. The highest BCUT2D eigenvalue weighted by Gasteiger charge is 2.11. The minimum atomic E-state index is 0.136. The number of hydrogen-bond donors (Lipinski definition) is 1. The number of rotatable bonds is 4. The summed E-state index contributed by atoms with van der Waals surface area (Å²) >= 11 is 3.44. The average molecular weight is 283 g/mol. The smallest absolute Gasteiger partial charge is 0.197 e. The van der Waals surface area contributed by atoms with Crippen LogP contribution in [0.1, 0.15) is 25.7 Å². The molecule has 2 aromatic rings. The lowest BCUT2D eigenvalue weighted by molar-refractivity contribution is 0.481. The number of nitrogens with two attached hydrogens (primary N) is 1. The van der Waals surface area contributed by atoms with Gasteiger partial charge in [0.25, 0.3) is 0 Å². The number of oxazole rings is 1. The first-order chi connectivity index (χ1) is 7.70. The number of halogens is 1. The molecule has 3 nitrogen and oxygen atoms in total. The summed E-state index contributed by atoms with van der Waals surface area (Å²) in [6, 6.07) is 5.98. The Morgan fingerprint density at radius 3 is 3.00 bits per heavy atom. The van der Waals surface area contributed by atoms with Crippen molar-refractivity contribution in [3.8, 4) is 0 Å². The minimum Gasteiger partial charge on any atom is -0.439 e. The number of fused-ring (bicyclic) bond motifs is 1. The third-order valence-corrected chi connectivity index (χ3v) is 3.13. The molecule has 0 amide bonds. The first-order valence-electron chi connectivity index (χ1n) is 5.50. The van der Waals surface area contributed by atoms with E-state index in [-0.39, 0.29) is 6.04 Å². The zero-order chi connectivity index (χ0) is 11.5. The van der Waals surface area contributed by atoms with Crippen molar-refractivity contribution in [2.75, 3.05) is 0 Å². The summed E-state index contributed by atoms with van der Waals surface area (Å²) in [6.45, 7) is 2.13. The Bertz CT molecular complexity index is 481. The monoisotopic (exact) mass is 282 g/mol. The van der Waals surface area contributed by atoms with E-state index in [9.17, 15) is 0 Å². The van der Waals surface area contributed by atoms with Gasteiger partial charge in [0.2, 0.25) is 0 Å². The number of benzene rings is 1. The van der Waals surface area contributed by atoms with Crippen molar-refractivity contribution < 1.29 is 4.42 Å². The predicted octanol–water partition coefficient (Wildman–Crippen LogP) is 3.26. The van der Waals surface area contributed by atoms with Crippen LogP contribution in [0.3, 0.4) is 0 Å².